The second-order valence-corrected chi connectivity index (χ2v) is 13.5. The van der Waals surface area contributed by atoms with Crippen LogP contribution in [0.2, 0.25) is 0 Å². The molecule has 4 heteroatoms. The number of para-hydroxylation sites is 3. The van der Waals surface area contributed by atoms with Crippen molar-refractivity contribution in [3.8, 4) is 56.9 Å². The van der Waals surface area contributed by atoms with Gasteiger partial charge in [-0.3, -0.25) is 0 Å². The Kier molecular flexibility index (Phi) is 7.22. The molecule has 0 N–H and O–H groups in total. The van der Waals surface area contributed by atoms with Crippen LogP contribution in [0.1, 0.15) is 11.1 Å². The number of nitriles is 2. The summed E-state index contributed by atoms with van der Waals surface area (Å²) in [4.78, 5) is 0. The van der Waals surface area contributed by atoms with Crippen LogP contribution in [-0.2, 0) is 0 Å². The summed E-state index contributed by atoms with van der Waals surface area (Å²) in [6.07, 6.45) is 0. The molecule has 0 radical (unpaired) electrons. The van der Waals surface area contributed by atoms with E-state index in [0.717, 1.165) is 66.6 Å². The molecule has 0 unspecified atom stereocenters. The lowest BCUT2D eigenvalue weighted by molar-refractivity contribution is 1.18. The average molecular weight is 687 g/mol. The molecule has 250 valence electrons. The lowest BCUT2D eigenvalue weighted by atomic mass is 9.87. The van der Waals surface area contributed by atoms with Crippen molar-refractivity contribution in [2.24, 2.45) is 0 Å². The maximum atomic E-state index is 10.00. The molecule has 0 amide bonds. The molecule has 0 atom stereocenters. The summed E-state index contributed by atoms with van der Waals surface area (Å²) in [5.41, 5.74) is 14.3. The lowest BCUT2D eigenvalue weighted by Gasteiger charge is -2.17. The van der Waals surface area contributed by atoms with Crippen LogP contribution in [0.3, 0.4) is 0 Å². The van der Waals surface area contributed by atoms with Gasteiger partial charge in [0.2, 0.25) is 0 Å². The number of rotatable bonds is 5. The molecule has 2 heterocycles. The summed E-state index contributed by atoms with van der Waals surface area (Å²) in [5, 5.41) is 24.2. The standard InChI is InChI=1S/C50H30N4/c51-31-33-13-10-16-36(29-33)53-47-28-27-34(32-52)30-45(47)49-42(22-12-26-48(49)53)39-19-6-4-17-37(39)38-18-5-7-20-40(38)43-23-11-24-44-41-21-8-9-25-46(41)54(50(43)44)35-14-2-1-3-15-35/h1-30H. The quantitative estimate of drug-likeness (QED) is 0.181. The van der Waals surface area contributed by atoms with Crippen LogP contribution < -0.4 is 0 Å². The third-order valence-electron chi connectivity index (χ3n) is 10.6. The van der Waals surface area contributed by atoms with Gasteiger partial charge in [0, 0.05) is 38.5 Å². The SMILES string of the molecule is N#Cc1cccc(-n2c3ccc(C#N)cc3c3c(-c4ccccc4-c4ccccc4-c4cccc5c6ccccc6n(-c6ccccc6)c45)cccc32)c1. The van der Waals surface area contributed by atoms with Crippen LogP contribution in [0.25, 0.3) is 88.4 Å². The molecule has 54 heavy (non-hydrogen) atoms. The summed E-state index contributed by atoms with van der Waals surface area (Å²) >= 11 is 0. The maximum Gasteiger partial charge on any atom is 0.0992 e. The van der Waals surface area contributed by atoms with E-state index in [9.17, 15) is 10.5 Å². The molecule has 0 fully saturated rings. The van der Waals surface area contributed by atoms with E-state index in [0.29, 0.717) is 11.1 Å². The molecule has 0 bridgehead atoms. The van der Waals surface area contributed by atoms with Crippen LogP contribution in [0.4, 0.5) is 0 Å². The highest BCUT2D eigenvalue weighted by Gasteiger charge is 2.22. The Morgan fingerprint density at radius 1 is 0.333 bits per heavy atom. The predicted molar refractivity (Wildman–Crippen MR) is 221 cm³/mol. The van der Waals surface area contributed by atoms with Gasteiger partial charge in [-0.2, -0.15) is 10.5 Å². The summed E-state index contributed by atoms with van der Waals surface area (Å²) in [6, 6.07) is 67.9. The first-order valence-corrected chi connectivity index (χ1v) is 18.0. The minimum Gasteiger partial charge on any atom is -0.309 e. The average Bonchev–Trinajstić information content (AvgIpc) is 3.77. The predicted octanol–water partition coefficient (Wildman–Crippen LogP) is 12.6. The molecule has 0 aliphatic rings. The van der Waals surface area contributed by atoms with Crippen LogP contribution in [0, 0.1) is 22.7 Å². The molecule has 0 aliphatic carbocycles. The van der Waals surface area contributed by atoms with Gasteiger partial charge >= 0.3 is 0 Å². The van der Waals surface area contributed by atoms with Gasteiger partial charge in [-0.15, -0.1) is 0 Å². The van der Waals surface area contributed by atoms with E-state index in [1.807, 2.05) is 42.5 Å². The van der Waals surface area contributed by atoms with Gasteiger partial charge in [0.15, 0.2) is 0 Å². The number of nitrogens with zero attached hydrogens (tertiary/aromatic N) is 4. The van der Waals surface area contributed by atoms with Crippen molar-refractivity contribution in [1.82, 2.24) is 9.13 Å². The van der Waals surface area contributed by atoms with E-state index in [1.165, 1.54) is 21.8 Å². The van der Waals surface area contributed by atoms with Crippen molar-refractivity contribution in [2.75, 3.05) is 0 Å². The van der Waals surface area contributed by atoms with Crippen LogP contribution in [0.15, 0.2) is 182 Å². The lowest BCUT2D eigenvalue weighted by Crippen LogP contribution is -1.96. The highest BCUT2D eigenvalue weighted by atomic mass is 15.0. The molecule has 4 nitrogen and oxygen atoms in total. The smallest absolute Gasteiger partial charge is 0.0992 e. The fourth-order valence-electron chi connectivity index (χ4n) is 8.34. The zero-order chi connectivity index (χ0) is 36.2. The summed E-state index contributed by atoms with van der Waals surface area (Å²) in [5.74, 6) is 0. The van der Waals surface area contributed by atoms with Gasteiger partial charge in [0.1, 0.15) is 0 Å². The Hall–Kier alpha value is -7.66. The van der Waals surface area contributed by atoms with Crippen LogP contribution >= 0.6 is 0 Å². The summed E-state index contributed by atoms with van der Waals surface area (Å²) in [7, 11) is 0. The number of aromatic nitrogens is 2. The Labute approximate surface area is 312 Å². The van der Waals surface area contributed by atoms with E-state index >= 15 is 0 Å². The summed E-state index contributed by atoms with van der Waals surface area (Å²) in [6.45, 7) is 0. The molecular weight excluding hydrogens is 657 g/mol. The molecule has 0 saturated carbocycles. The van der Waals surface area contributed by atoms with Crippen molar-refractivity contribution in [1.29, 1.82) is 10.5 Å². The molecular formula is C50H30N4. The zero-order valence-corrected chi connectivity index (χ0v) is 29.1. The van der Waals surface area contributed by atoms with Gasteiger partial charge in [-0.25, -0.2) is 0 Å². The molecule has 10 aromatic rings. The number of hydrogen-bond acceptors (Lipinski definition) is 2. The minimum atomic E-state index is 0.593. The highest BCUT2D eigenvalue weighted by molar-refractivity contribution is 6.18. The van der Waals surface area contributed by atoms with E-state index in [2.05, 4.69) is 161 Å². The molecule has 0 spiro atoms. The Morgan fingerprint density at radius 3 is 1.61 bits per heavy atom. The molecule has 0 saturated heterocycles. The first kappa shape index (κ1) is 31.1. The van der Waals surface area contributed by atoms with Gasteiger partial charge in [0.05, 0.1) is 45.3 Å². The van der Waals surface area contributed by atoms with Crippen LogP contribution in [0.5, 0.6) is 0 Å². The van der Waals surface area contributed by atoms with E-state index in [-0.39, 0.29) is 0 Å². The van der Waals surface area contributed by atoms with Gasteiger partial charge in [-0.05, 0) is 88.5 Å². The fourth-order valence-corrected chi connectivity index (χ4v) is 8.34. The Bertz CT molecular complexity index is 3190. The Balaban J connectivity index is 1.26. The fraction of sp³-hybridized carbons (Fsp3) is 0. The normalized spacial score (nSPS) is 11.3. The third-order valence-corrected chi connectivity index (χ3v) is 10.6. The van der Waals surface area contributed by atoms with Crippen molar-refractivity contribution in [3.63, 3.8) is 0 Å². The largest absolute Gasteiger partial charge is 0.309 e. The van der Waals surface area contributed by atoms with Gasteiger partial charge in [0.25, 0.3) is 0 Å². The van der Waals surface area contributed by atoms with Gasteiger partial charge < -0.3 is 9.13 Å². The molecule has 0 aliphatic heterocycles. The number of benzene rings is 8. The maximum absolute atomic E-state index is 10.00. The first-order valence-electron chi connectivity index (χ1n) is 18.0. The topological polar surface area (TPSA) is 57.4 Å². The van der Waals surface area contributed by atoms with Crippen LogP contribution in [-0.4, -0.2) is 9.13 Å². The highest BCUT2D eigenvalue weighted by Crippen LogP contribution is 2.46. The van der Waals surface area contributed by atoms with Crippen molar-refractivity contribution >= 4 is 43.6 Å². The second-order valence-electron chi connectivity index (χ2n) is 13.5. The van der Waals surface area contributed by atoms with E-state index < -0.39 is 0 Å². The first-order chi connectivity index (χ1) is 26.7. The molecule has 8 aromatic carbocycles. The van der Waals surface area contributed by atoms with Gasteiger partial charge in [-0.1, -0.05) is 121 Å². The second kappa shape index (κ2) is 12.5. The van der Waals surface area contributed by atoms with Crippen molar-refractivity contribution in [3.05, 3.63) is 193 Å². The number of fused-ring (bicyclic) bond motifs is 6. The zero-order valence-electron chi connectivity index (χ0n) is 29.1. The third kappa shape index (κ3) is 4.76. The monoisotopic (exact) mass is 686 g/mol. The number of hydrogen-bond donors (Lipinski definition) is 0. The molecule has 10 rings (SSSR count). The van der Waals surface area contributed by atoms with E-state index in [4.69, 9.17) is 0 Å². The summed E-state index contributed by atoms with van der Waals surface area (Å²) < 4.78 is 4.60. The van der Waals surface area contributed by atoms with E-state index in [1.54, 1.807) is 0 Å². The minimum absolute atomic E-state index is 0.593. The van der Waals surface area contributed by atoms with Crippen molar-refractivity contribution in [2.45, 2.75) is 0 Å². The van der Waals surface area contributed by atoms with Crippen molar-refractivity contribution < 1.29 is 0 Å². The Morgan fingerprint density at radius 2 is 0.852 bits per heavy atom. The molecule has 2 aromatic heterocycles.